The topological polar surface area (TPSA) is 104 Å². The highest BCUT2D eigenvalue weighted by atomic mass is 32.2. The van der Waals surface area contributed by atoms with E-state index >= 15 is 0 Å². The maximum Gasteiger partial charge on any atom is 0.573 e. The van der Waals surface area contributed by atoms with Crippen molar-refractivity contribution >= 4 is 33.3 Å². The number of alkyl carbamates (subject to hydrolysis) is 1. The minimum absolute atomic E-state index is 0.0208. The minimum Gasteiger partial charge on any atom is -0.444 e. The lowest BCUT2D eigenvalue weighted by molar-refractivity contribution is -0.274. The summed E-state index contributed by atoms with van der Waals surface area (Å²) < 4.78 is 75.6. The molecule has 3 rings (SSSR count). The standard InChI is InChI=1S/C23H23F3N2O6S/c1-14-5-7-18(8-6-14)35(31,32)28-17(12-27-21(30)34-22(2,3)4)9-15-11-20(33-23(24,25)26)16(13-29)10-19(15)28/h5-11,13H,12H2,1-4H3,(H,27,30). The molecule has 0 saturated heterocycles. The van der Waals surface area contributed by atoms with Crippen molar-refractivity contribution in [1.82, 2.24) is 9.29 Å². The van der Waals surface area contributed by atoms with Crippen LogP contribution in [0.15, 0.2) is 47.4 Å². The quantitative estimate of drug-likeness (QED) is 0.470. The molecular formula is C23H23F3N2O6S. The Morgan fingerprint density at radius 3 is 2.26 bits per heavy atom. The summed E-state index contributed by atoms with van der Waals surface area (Å²) in [5.41, 5.74) is -0.547. The molecule has 1 amide bonds. The number of nitrogens with zero attached hydrogens (tertiary/aromatic N) is 1. The molecule has 0 spiro atoms. The Kier molecular flexibility index (Phi) is 6.89. The summed E-state index contributed by atoms with van der Waals surface area (Å²) in [6, 6.07) is 9.13. The zero-order valence-electron chi connectivity index (χ0n) is 19.3. The van der Waals surface area contributed by atoms with Gasteiger partial charge in [-0.2, -0.15) is 0 Å². The lowest BCUT2D eigenvalue weighted by atomic mass is 10.1. The number of nitrogens with one attached hydrogen (secondary N) is 1. The molecule has 3 aromatic rings. The van der Waals surface area contributed by atoms with Gasteiger partial charge in [0.15, 0.2) is 6.29 Å². The highest BCUT2D eigenvalue weighted by molar-refractivity contribution is 7.90. The zero-order chi connectivity index (χ0) is 26.2. The molecule has 0 aliphatic carbocycles. The smallest absolute Gasteiger partial charge is 0.444 e. The van der Waals surface area contributed by atoms with E-state index in [9.17, 15) is 31.2 Å². The van der Waals surface area contributed by atoms with Crippen LogP contribution in [0.25, 0.3) is 10.9 Å². The average Bonchev–Trinajstić information content (AvgIpc) is 3.07. The maximum absolute atomic E-state index is 13.5. The predicted octanol–water partition coefficient (Wildman–Crippen LogP) is 4.92. The summed E-state index contributed by atoms with van der Waals surface area (Å²) in [7, 11) is -4.28. The van der Waals surface area contributed by atoms with Crippen molar-refractivity contribution in [2.24, 2.45) is 0 Å². The SMILES string of the molecule is Cc1ccc(S(=O)(=O)n2c(CNC(=O)OC(C)(C)C)cc3cc(OC(F)(F)F)c(C=O)cc32)cc1. The first kappa shape index (κ1) is 26.1. The highest BCUT2D eigenvalue weighted by Gasteiger charge is 2.33. The van der Waals surface area contributed by atoms with Gasteiger partial charge in [0.05, 0.1) is 28.2 Å². The Hall–Kier alpha value is -3.54. The fraction of sp³-hybridized carbons (Fsp3) is 0.304. The van der Waals surface area contributed by atoms with Crippen molar-refractivity contribution in [3.05, 3.63) is 59.3 Å². The van der Waals surface area contributed by atoms with Crippen molar-refractivity contribution in [2.75, 3.05) is 0 Å². The maximum atomic E-state index is 13.5. The fourth-order valence-corrected chi connectivity index (χ4v) is 4.82. The summed E-state index contributed by atoms with van der Waals surface area (Å²) in [6.07, 6.45) is -5.75. The molecule has 12 heteroatoms. The molecular weight excluding hydrogens is 489 g/mol. The molecule has 0 aliphatic rings. The Morgan fingerprint density at radius 2 is 1.71 bits per heavy atom. The van der Waals surface area contributed by atoms with Gasteiger partial charge in [-0.05, 0) is 58.0 Å². The van der Waals surface area contributed by atoms with Crippen molar-refractivity contribution in [3.63, 3.8) is 0 Å². The fourth-order valence-electron chi connectivity index (χ4n) is 3.29. The number of hydrogen-bond acceptors (Lipinski definition) is 6. The largest absolute Gasteiger partial charge is 0.573 e. The number of ether oxygens (including phenoxy) is 2. The molecule has 1 aromatic heterocycles. The molecule has 0 radical (unpaired) electrons. The van der Waals surface area contributed by atoms with E-state index in [0.717, 1.165) is 21.7 Å². The Bertz CT molecular complexity index is 1370. The number of alkyl halides is 3. The van der Waals surface area contributed by atoms with E-state index in [1.807, 2.05) is 0 Å². The molecule has 0 bridgehead atoms. The van der Waals surface area contributed by atoms with E-state index in [2.05, 4.69) is 10.1 Å². The van der Waals surface area contributed by atoms with Crippen LogP contribution in [-0.2, 0) is 21.3 Å². The minimum atomic E-state index is -5.07. The summed E-state index contributed by atoms with van der Waals surface area (Å²) in [6.45, 7) is 6.38. The summed E-state index contributed by atoms with van der Waals surface area (Å²) in [4.78, 5) is 23.5. The molecule has 1 N–H and O–H groups in total. The molecule has 8 nitrogen and oxygen atoms in total. The summed E-state index contributed by atoms with van der Waals surface area (Å²) in [5, 5.41) is 2.49. The molecule has 0 saturated carbocycles. The second-order valence-electron chi connectivity index (χ2n) is 8.69. The number of amides is 1. The van der Waals surface area contributed by atoms with Crippen LogP contribution in [0.2, 0.25) is 0 Å². The van der Waals surface area contributed by atoms with E-state index in [1.54, 1.807) is 39.8 Å². The normalized spacial score (nSPS) is 12.4. The summed E-state index contributed by atoms with van der Waals surface area (Å²) in [5.74, 6) is -0.781. The van der Waals surface area contributed by atoms with Crippen molar-refractivity contribution in [1.29, 1.82) is 0 Å². The molecule has 0 fully saturated rings. The third-order valence-corrected chi connectivity index (χ3v) is 6.47. The first-order valence-electron chi connectivity index (χ1n) is 10.3. The highest BCUT2D eigenvalue weighted by Crippen LogP contribution is 2.33. The number of fused-ring (bicyclic) bond motifs is 1. The molecule has 2 aromatic carbocycles. The molecule has 0 atom stereocenters. The van der Waals surface area contributed by atoms with Crippen molar-refractivity contribution < 1.29 is 40.7 Å². The van der Waals surface area contributed by atoms with Gasteiger partial charge >= 0.3 is 12.5 Å². The number of benzene rings is 2. The van der Waals surface area contributed by atoms with Gasteiger partial charge in [0.25, 0.3) is 10.0 Å². The first-order valence-corrected chi connectivity index (χ1v) is 11.7. The van der Waals surface area contributed by atoms with Crippen LogP contribution >= 0.6 is 0 Å². The number of aryl methyl sites for hydroxylation is 1. The number of halogens is 3. The Balaban J connectivity index is 2.18. The van der Waals surface area contributed by atoms with Gasteiger partial charge in [0.2, 0.25) is 0 Å². The number of carbonyl (C=O) groups excluding carboxylic acids is 2. The number of aromatic nitrogens is 1. The lowest BCUT2D eigenvalue weighted by Gasteiger charge is -2.20. The van der Waals surface area contributed by atoms with Crippen LogP contribution in [0.4, 0.5) is 18.0 Å². The van der Waals surface area contributed by atoms with Gasteiger partial charge in [0, 0.05) is 5.39 Å². The van der Waals surface area contributed by atoms with Gasteiger partial charge in [-0.1, -0.05) is 17.7 Å². The van der Waals surface area contributed by atoms with Crippen LogP contribution in [0.1, 0.15) is 42.4 Å². The van der Waals surface area contributed by atoms with Crippen molar-refractivity contribution in [2.45, 2.75) is 51.1 Å². The molecule has 188 valence electrons. The molecule has 35 heavy (non-hydrogen) atoms. The molecule has 1 heterocycles. The van der Waals surface area contributed by atoms with E-state index < -0.39 is 39.4 Å². The zero-order valence-corrected chi connectivity index (χ0v) is 20.1. The van der Waals surface area contributed by atoms with Crippen LogP contribution in [0.5, 0.6) is 5.75 Å². The number of rotatable bonds is 6. The van der Waals surface area contributed by atoms with Gasteiger partial charge in [-0.15, -0.1) is 13.2 Å². The molecule has 0 aliphatic heterocycles. The van der Waals surface area contributed by atoms with Gasteiger partial charge in [-0.3, -0.25) is 4.79 Å². The second kappa shape index (κ2) is 9.25. The van der Waals surface area contributed by atoms with Crippen LogP contribution in [-0.4, -0.2) is 36.7 Å². The van der Waals surface area contributed by atoms with Crippen LogP contribution in [0.3, 0.4) is 0 Å². The predicted molar refractivity (Wildman–Crippen MR) is 121 cm³/mol. The van der Waals surface area contributed by atoms with Gasteiger partial charge < -0.3 is 14.8 Å². The number of hydrogen-bond donors (Lipinski definition) is 1. The van der Waals surface area contributed by atoms with Gasteiger partial charge in [-0.25, -0.2) is 17.2 Å². The third-order valence-electron chi connectivity index (χ3n) is 4.69. The number of aldehydes is 1. The first-order chi connectivity index (χ1) is 16.1. The summed E-state index contributed by atoms with van der Waals surface area (Å²) >= 11 is 0. The van der Waals surface area contributed by atoms with E-state index in [0.29, 0.717) is 0 Å². The number of carbonyl (C=O) groups is 2. The van der Waals surface area contributed by atoms with E-state index in [1.165, 1.54) is 18.2 Å². The van der Waals surface area contributed by atoms with Gasteiger partial charge in [0.1, 0.15) is 11.4 Å². The van der Waals surface area contributed by atoms with Crippen LogP contribution < -0.4 is 10.1 Å². The van der Waals surface area contributed by atoms with Crippen LogP contribution in [0, 0.1) is 6.92 Å². The third kappa shape index (κ3) is 6.13. The Morgan fingerprint density at radius 1 is 1.09 bits per heavy atom. The van der Waals surface area contributed by atoms with E-state index in [4.69, 9.17) is 4.74 Å². The second-order valence-corrected chi connectivity index (χ2v) is 10.5. The average molecular weight is 513 g/mol. The monoisotopic (exact) mass is 512 g/mol. The molecule has 0 unspecified atom stereocenters. The van der Waals surface area contributed by atoms with Crippen molar-refractivity contribution in [3.8, 4) is 5.75 Å². The van der Waals surface area contributed by atoms with E-state index in [-0.39, 0.29) is 34.3 Å². The Labute approximate surface area is 199 Å². The lowest BCUT2D eigenvalue weighted by Crippen LogP contribution is -2.33.